The molecule has 2 aromatic heterocycles. The number of ether oxygens (including phenoxy) is 1. The number of aromatic amines is 1. The third-order valence-electron chi connectivity index (χ3n) is 6.46. The first-order valence-corrected chi connectivity index (χ1v) is 11.3. The molecule has 0 aliphatic carbocycles. The quantitative estimate of drug-likeness (QED) is 0.412. The van der Waals surface area contributed by atoms with Crippen LogP contribution in [-0.2, 0) is 11.3 Å². The van der Waals surface area contributed by atoms with E-state index in [2.05, 4.69) is 41.6 Å². The van der Waals surface area contributed by atoms with Crippen LogP contribution in [0.2, 0.25) is 0 Å². The molecule has 0 unspecified atom stereocenters. The van der Waals surface area contributed by atoms with Crippen molar-refractivity contribution in [2.45, 2.75) is 39.3 Å². The van der Waals surface area contributed by atoms with Crippen molar-refractivity contribution in [1.82, 2.24) is 14.5 Å². The van der Waals surface area contributed by atoms with E-state index in [1.807, 2.05) is 42.5 Å². The molecule has 6 nitrogen and oxygen atoms in total. The molecule has 1 saturated heterocycles. The van der Waals surface area contributed by atoms with Crippen LogP contribution in [0.25, 0.3) is 16.6 Å². The normalized spacial score (nSPS) is 15.8. The molecule has 2 aromatic carbocycles. The lowest BCUT2D eigenvalue weighted by atomic mass is 10.0. The highest BCUT2D eigenvalue weighted by Gasteiger charge is 2.36. The monoisotopic (exact) mass is 441 g/mol. The maximum absolute atomic E-state index is 13.6. The van der Waals surface area contributed by atoms with Crippen molar-refractivity contribution in [3.63, 3.8) is 0 Å². The first kappa shape index (κ1) is 21.1. The molecule has 4 aromatic rings. The zero-order valence-corrected chi connectivity index (χ0v) is 18.9. The summed E-state index contributed by atoms with van der Waals surface area (Å²) in [4.78, 5) is 31.2. The van der Waals surface area contributed by atoms with Crippen LogP contribution in [0.4, 0.5) is 4.79 Å². The molecular formula is C27H27N3O3. The Hall–Kier alpha value is -3.80. The SMILES string of the molecule is Cc1ccc(C)n1-c1ccc2[nH]cc(C(=O)[C@H]3CCCN3C(=O)OCc3ccccc3)c2c1. The maximum Gasteiger partial charge on any atom is 0.410 e. The predicted octanol–water partition coefficient (Wildman–Crippen LogP) is 5.56. The van der Waals surface area contributed by atoms with Gasteiger partial charge in [0, 0.05) is 46.3 Å². The van der Waals surface area contributed by atoms with Crippen molar-refractivity contribution in [1.29, 1.82) is 0 Å². The number of nitrogens with one attached hydrogen (secondary N) is 1. The molecule has 1 atom stereocenters. The van der Waals surface area contributed by atoms with Gasteiger partial charge in [-0.1, -0.05) is 30.3 Å². The van der Waals surface area contributed by atoms with Crippen LogP contribution in [0.3, 0.4) is 0 Å². The minimum atomic E-state index is -0.508. The summed E-state index contributed by atoms with van der Waals surface area (Å²) in [6, 6.07) is 19.3. The number of hydrogen-bond acceptors (Lipinski definition) is 3. The van der Waals surface area contributed by atoms with Gasteiger partial charge in [0.05, 0.1) is 6.04 Å². The second kappa shape index (κ2) is 8.62. The molecule has 1 fully saturated rings. The Labute approximate surface area is 192 Å². The summed E-state index contributed by atoms with van der Waals surface area (Å²) in [6.07, 6.45) is 2.75. The van der Waals surface area contributed by atoms with Crippen LogP contribution in [0, 0.1) is 13.8 Å². The number of Topliss-reactive ketones (excluding diaryl/α,β-unsaturated/α-hetero) is 1. The van der Waals surface area contributed by atoms with Crippen LogP contribution in [0.15, 0.2) is 66.9 Å². The topological polar surface area (TPSA) is 67.3 Å². The third kappa shape index (κ3) is 3.93. The highest BCUT2D eigenvalue weighted by atomic mass is 16.6. The number of hydrogen-bond donors (Lipinski definition) is 1. The maximum atomic E-state index is 13.6. The summed E-state index contributed by atoms with van der Waals surface area (Å²) in [5.74, 6) is -0.0477. The van der Waals surface area contributed by atoms with Crippen LogP contribution in [0.5, 0.6) is 0 Å². The third-order valence-corrected chi connectivity index (χ3v) is 6.46. The molecule has 6 heteroatoms. The summed E-state index contributed by atoms with van der Waals surface area (Å²) in [5, 5.41) is 0.870. The molecule has 1 amide bonds. The molecule has 3 heterocycles. The van der Waals surface area contributed by atoms with Gasteiger partial charge in [-0.2, -0.15) is 0 Å². The number of likely N-dealkylation sites (tertiary alicyclic amines) is 1. The fourth-order valence-electron chi connectivity index (χ4n) is 4.77. The number of fused-ring (bicyclic) bond motifs is 1. The number of aryl methyl sites for hydroxylation is 2. The summed E-state index contributed by atoms with van der Waals surface area (Å²) in [7, 11) is 0. The van der Waals surface area contributed by atoms with Gasteiger partial charge in [0.25, 0.3) is 0 Å². The van der Waals surface area contributed by atoms with Gasteiger partial charge in [-0.25, -0.2) is 4.79 Å². The van der Waals surface area contributed by atoms with E-state index in [9.17, 15) is 9.59 Å². The van der Waals surface area contributed by atoms with Crippen LogP contribution < -0.4 is 0 Å². The average Bonchev–Trinajstić information content (AvgIpc) is 3.56. The number of amides is 1. The fraction of sp³-hybridized carbons (Fsp3) is 0.259. The fourth-order valence-corrected chi connectivity index (χ4v) is 4.77. The number of aromatic nitrogens is 2. The number of ketones is 1. The molecule has 1 N–H and O–H groups in total. The van der Waals surface area contributed by atoms with Gasteiger partial charge in [0.2, 0.25) is 0 Å². The Morgan fingerprint density at radius 1 is 1.03 bits per heavy atom. The standard InChI is InChI=1S/C27H27N3O3/c1-18-10-11-19(2)30(18)21-12-13-24-22(15-21)23(16-28-24)26(31)25-9-6-14-29(25)27(32)33-17-20-7-4-3-5-8-20/h3-5,7-8,10-13,15-16,25,28H,6,9,14,17H2,1-2H3/t25-/m1/s1. The number of nitrogens with zero attached hydrogens (tertiary/aromatic N) is 2. The van der Waals surface area contributed by atoms with Crippen molar-refractivity contribution in [3.8, 4) is 5.69 Å². The van der Waals surface area contributed by atoms with Gasteiger partial charge in [-0.15, -0.1) is 0 Å². The highest BCUT2D eigenvalue weighted by Crippen LogP contribution is 2.29. The van der Waals surface area contributed by atoms with Crippen molar-refractivity contribution in [2.75, 3.05) is 6.54 Å². The molecule has 1 aliphatic heterocycles. The van der Waals surface area contributed by atoms with Gasteiger partial charge < -0.3 is 14.3 Å². The Balaban J connectivity index is 1.39. The van der Waals surface area contributed by atoms with Gasteiger partial charge in [0.1, 0.15) is 6.61 Å². The molecular weight excluding hydrogens is 414 g/mol. The molecule has 1 aliphatic rings. The summed E-state index contributed by atoms with van der Waals surface area (Å²) in [5.41, 5.74) is 5.73. The molecule has 0 radical (unpaired) electrons. The van der Waals surface area contributed by atoms with Crippen molar-refractivity contribution in [2.24, 2.45) is 0 Å². The Morgan fingerprint density at radius 2 is 1.79 bits per heavy atom. The number of rotatable bonds is 5. The van der Waals surface area contributed by atoms with Crippen molar-refractivity contribution >= 4 is 22.8 Å². The molecule has 0 bridgehead atoms. The van der Waals surface area contributed by atoms with Crippen LogP contribution >= 0.6 is 0 Å². The predicted molar refractivity (Wildman–Crippen MR) is 128 cm³/mol. The summed E-state index contributed by atoms with van der Waals surface area (Å²) < 4.78 is 7.69. The van der Waals surface area contributed by atoms with Crippen molar-refractivity contribution in [3.05, 3.63) is 89.4 Å². The molecule has 33 heavy (non-hydrogen) atoms. The van der Waals surface area contributed by atoms with Gasteiger partial charge in [-0.05, 0) is 62.6 Å². The van der Waals surface area contributed by atoms with E-state index in [1.54, 1.807) is 11.1 Å². The highest BCUT2D eigenvalue weighted by molar-refractivity contribution is 6.11. The largest absolute Gasteiger partial charge is 0.445 e. The number of carbonyl (C=O) groups excluding carboxylic acids is 2. The lowest BCUT2D eigenvalue weighted by molar-refractivity contribution is 0.0739. The smallest absolute Gasteiger partial charge is 0.410 e. The molecule has 5 rings (SSSR count). The lowest BCUT2D eigenvalue weighted by Gasteiger charge is -2.23. The first-order valence-electron chi connectivity index (χ1n) is 11.3. The van der Waals surface area contributed by atoms with E-state index in [-0.39, 0.29) is 12.4 Å². The first-order chi connectivity index (χ1) is 16.0. The molecule has 0 saturated carbocycles. The number of carbonyl (C=O) groups is 2. The van der Waals surface area contributed by atoms with E-state index in [0.29, 0.717) is 18.5 Å². The van der Waals surface area contributed by atoms with Crippen molar-refractivity contribution < 1.29 is 14.3 Å². The molecule has 168 valence electrons. The minimum Gasteiger partial charge on any atom is -0.445 e. The minimum absolute atomic E-state index is 0.0477. The van der Waals surface area contributed by atoms with E-state index in [4.69, 9.17) is 4.74 Å². The van der Waals surface area contributed by atoms with E-state index >= 15 is 0 Å². The van der Waals surface area contributed by atoms with E-state index < -0.39 is 12.1 Å². The zero-order valence-electron chi connectivity index (χ0n) is 18.9. The summed E-state index contributed by atoms with van der Waals surface area (Å²) >= 11 is 0. The Kier molecular flexibility index (Phi) is 5.50. The Morgan fingerprint density at radius 3 is 2.55 bits per heavy atom. The Bertz CT molecular complexity index is 1300. The van der Waals surface area contributed by atoms with Crippen LogP contribution in [0.1, 0.15) is 40.2 Å². The average molecular weight is 442 g/mol. The zero-order chi connectivity index (χ0) is 22.9. The molecule has 0 spiro atoms. The van der Waals surface area contributed by atoms with Crippen LogP contribution in [-0.4, -0.2) is 38.9 Å². The second-order valence-corrected chi connectivity index (χ2v) is 8.64. The summed E-state index contributed by atoms with van der Waals surface area (Å²) in [6.45, 7) is 4.86. The number of benzene rings is 2. The second-order valence-electron chi connectivity index (χ2n) is 8.64. The van der Waals surface area contributed by atoms with Gasteiger partial charge in [0.15, 0.2) is 5.78 Å². The van der Waals surface area contributed by atoms with E-state index in [0.717, 1.165) is 40.0 Å². The lowest BCUT2D eigenvalue weighted by Crippen LogP contribution is -2.40. The number of H-pyrrole nitrogens is 1. The van der Waals surface area contributed by atoms with Gasteiger partial charge in [-0.3, -0.25) is 9.69 Å². The van der Waals surface area contributed by atoms with Gasteiger partial charge >= 0.3 is 6.09 Å². The van der Waals surface area contributed by atoms with E-state index in [1.165, 1.54) is 0 Å².